The van der Waals surface area contributed by atoms with Crippen LogP contribution in [0.15, 0.2) is 60.0 Å². The number of benzene rings is 2. The molecule has 0 unspecified atom stereocenters. The molecule has 4 heteroatoms. The molecule has 0 amide bonds. The van der Waals surface area contributed by atoms with Gasteiger partial charge in [-0.05, 0) is 49.4 Å². The molecule has 1 heterocycles. The number of carbonyl (C=O) groups excluding carboxylic acids is 1. The topological polar surface area (TPSA) is 30.0 Å². The number of rotatable bonds is 4. The quantitative estimate of drug-likeness (QED) is 0.491. The van der Waals surface area contributed by atoms with Gasteiger partial charge in [-0.3, -0.25) is 4.79 Å². The highest BCUT2D eigenvalue weighted by Gasteiger charge is 2.05. The fraction of sp³-hybridized carbons (Fsp3) is 0.0526. The maximum Gasteiger partial charge on any atom is 0.185 e. The highest BCUT2D eigenvalue weighted by molar-refractivity contribution is 7.13. The van der Waals surface area contributed by atoms with Crippen molar-refractivity contribution in [2.45, 2.75) is 6.92 Å². The van der Waals surface area contributed by atoms with Crippen molar-refractivity contribution < 1.29 is 9.18 Å². The zero-order valence-corrected chi connectivity index (χ0v) is 13.3. The first-order chi connectivity index (χ1) is 11.1. The number of hydrogen-bond acceptors (Lipinski definition) is 3. The molecule has 0 saturated carbocycles. The SMILES string of the molecule is Cc1cccc(C(=O)C=Cc2csc(-c3ccc(F)cc3)n2)c1. The van der Waals surface area contributed by atoms with Crippen LogP contribution in [0, 0.1) is 12.7 Å². The smallest absolute Gasteiger partial charge is 0.185 e. The van der Waals surface area contributed by atoms with Crippen LogP contribution in [0.3, 0.4) is 0 Å². The average Bonchev–Trinajstić information content (AvgIpc) is 3.02. The van der Waals surface area contributed by atoms with E-state index in [2.05, 4.69) is 4.98 Å². The van der Waals surface area contributed by atoms with Crippen molar-refractivity contribution in [2.75, 3.05) is 0 Å². The van der Waals surface area contributed by atoms with Crippen molar-refractivity contribution in [1.82, 2.24) is 4.98 Å². The Morgan fingerprint density at radius 1 is 1.17 bits per heavy atom. The first-order valence-corrected chi connectivity index (χ1v) is 8.00. The summed E-state index contributed by atoms with van der Waals surface area (Å²) in [6.45, 7) is 1.95. The lowest BCUT2D eigenvalue weighted by Crippen LogP contribution is -1.94. The lowest BCUT2D eigenvalue weighted by Gasteiger charge is -1.97. The van der Waals surface area contributed by atoms with E-state index in [1.807, 2.05) is 30.5 Å². The van der Waals surface area contributed by atoms with Crippen LogP contribution in [0.2, 0.25) is 0 Å². The molecule has 3 aromatic rings. The predicted octanol–water partition coefficient (Wildman–Crippen LogP) is 5.15. The summed E-state index contributed by atoms with van der Waals surface area (Å²) in [6, 6.07) is 13.7. The van der Waals surface area contributed by atoms with E-state index in [0.717, 1.165) is 21.8 Å². The summed E-state index contributed by atoms with van der Waals surface area (Å²) >= 11 is 1.46. The van der Waals surface area contributed by atoms with Gasteiger partial charge in [-0.1, -0.05) is 23.8 Å². The molecule has 0 N–H and O–H groups in total. The fourth-order valence-corrected chi connectivity index (χ4v) is 2.94. The Morgan fingerprint density at radius 3 is 2.70 bits per heavy atom. The normalized spacial score (nSPS) is 11.0. The fourth-order valence-electron chi connectivity index (χ4n) is 2.14. The van der Waals surface area contributed by atoms with Crippen LogP contribution < -0.4 is 0 Å². The molecule has 114 valence electrons. The highest BCUT2D eigenvalue weighted by Crippen LogP contribution is 2.24. The van der Waals surface area contributed by atoms with Crippen molar-refractivity contribution in [3.8, 4) is 10.6 Å². The number of thiazole rings is 1. The summed E-state index contributed by atoms with van der Waals surface area (Å²) in [5.41, 5.74) is 3.29. The van der Waals surface area contributed by atoms with Crippen molar-refractivity contribution >= 4 is 23.2 Å². The molecule has 0 bridgehead atoms. The van der Waals surface area contributed by atoms with Crippen LogP contribution in [0.25, 0.3) is 16.6 Å². The molecule has 1 aromatic heterocycles. The summed E-state index contributed by atoms with van der Waals surface area (Å²) in [5, 5.41) is 2.67. The van der Waals surface area contributed by atoms with Crippen LogP contribution in [0.4, 0.5) is 4.39 Å². The van der Waals surface area contributed by atoms with Gasteiger partial charge in [0.15, 0.2) is 5.78 Å². The molecule has 0 fully saturated rings. The van der Waals surface area contributed by atoms with Crippen LogP contribution in [-0.4, -0.2) is 10.8 Å². The molecule has 2 aromatic carbocycles. The third-order valence-electron chi connectivity index (χ3n) is 3.32. The second kappa shape index (κ2) is 6.67. The molecule has 0 radical (unpaired) electrons. The second-order valence-corrected chi connectivity index (χ2v) is 6.01. The Balaban J connectivity index is 1.76. The molecule has 23 heavy (non-hydrogen) atoms. The third kappa shape index (κ3) is 3.79. The Bertz CT molecular complexity index is 865. The Labute approximate surface area is 138 Å². The number of ketones is 1. The average molecular weight is 323 g/mol. The van der Waals surface area contributed by atoms with E-state index in [4.69, 9.17) is 0 Å². The summed E-state index contributed by atoms with van der Waals surface area (Å²) in [4.78, 5) is 16.6. The monoisotopic (exact) mass is 323 g/mol. The van der Waals surface area contributed by atoms with Gasteiger partial charge in [-0.25, -0.2) is 9.37 Å². The number of hydrogen-bond donors (Lipinski definition) is 0. The van der Waals surface area contributed by atoms with Gasteiger partial charge in [0.2, 0.25) is 0 Å². The number of aryl methyl sites for hydroxylation is 1. The van der Waals surface area contributed by atoms with Gasteiger partial charge >= 0.3 is 0 Å². The van der Waals surface area contributed by atoms with E-state index < -0.39 is 0 Å². The third-order valence-corrected chi connectivity index (χ3v) is 4.23. The molecule has 0 atom stereocenters. The second-order valence-electron chi connectivity index (χ2n) is 5.15. The van der Waals surface area contributed by atoms with Crippen LogP contribution in [-0.2, 0) is 0 Å². The van der Waals surface area contributed by atoms with E-state index in [-0.39, 0.29) is 11.6 Å². The molecule has 0 aliphatic heterocycles. The standard InChI is InChI=1S/C19H14FNOS/c1-13-3-2-4-15(11-13)18(22)10-9-17-12-23-19(21-17)14-5-7-16(20)8-6-14/h2-12H,1H3. The summed E-state index contributed by atoms with van der Waals surface area (Å²) in [7, 11) is 0. The van der Waals surface area contributed by atoms with Gasteiger partial charge in [0.1, 0.15) is 10.8 Å². The van der Waals surface area contributed by atoms with E-state index in [0.29, 0.717) is 5.56 Å². The van der Waals surface area contributed by atoms with Gasteiger partial charge in [-0.2, -0.15) is 0 Å². The number of aromatic nitrogens is 1. The van der Waals surface area contributed by atoms with Gasteiger partial charge in [0.05, 0.1) is 5.69 Å². The number of carbonyl (C=O) groups is 1. The van der Waals surface area contributed by atoms with Gasteiger partial charge < -0.3 is 0 Å². The minimum atomic E-state index is -0.269. The minimum Gasteiger partial charge on any atom is -0.289 e. The van der Waals surface area contributed by atoms with E-state index >= 15 is 0 Å². The first kappa shape index (κ1) is 15.3. The van der Waals surface area contributed by atoms with Gasteiger partial charge in [-0.15, -0.1) is 11.3 Å². The lowest BCUT2D eigenvalue weighted by molar-refractivity contribution is 0.104. The Morgan fingerprint density at radius 2 is 1.96 bits per heavy atom. The van der Waals surface area contributed by atoms with Gasteiger partial charge in [0, 0.05) is 16.5 Å². The Hall–Kier alpha value is -2.59. The molecule has 0 aliphatic rings. The van der Waals surface area contributed by atoms with Crippen molar-refractivity contribution in [1.29, 1.82) is 0 Å². The summed E-state index contributed by atoms with van der Waals surface area (Å²) in [5.74, 6) is -0.320. The van der Waals surface area contributed by atoms with E-state index in [9.17, 15) is 9.18 Å². The molecule has 0 aliphatic carbocycles. The first-order valence-electron chi connectivity index (χ1n) is 7.12. The maximum absolute atomic E-state index is 12.9. The molecule has 3 rings (SSSR count). The van der Waals surface area contributed by atoms with Gasteiger partial charge in [0.25, 0.3) is 0 Å². The molecular weight excluding hydrogens is 309 g/mol. The van der Waals surface area contributed by atoms with E-state index in [1.165, 1.54) is 29.5 Å². The molecule has 0 saturated heterocycles. The largest absolute Gasteiger partial charge is 0.289 e. The van der Waals surface area contributed by atoms with Crippen LogP contribution in [0.5, 0.6) is 0 Å². The minimum absolute atomic E-state index is 0.0509. The van der Waals surface area contributed by atoms with Crippen molar-refractivity contribution in [3.05, 3.63) is 82.6 Å². The van der Waals surface area contributed by atoms with Crippen molar-refractivity contribution in [2.24, 2.45) is 0 Å². The lowest BCUT2D eigenvalue weighted by atomic mass is 10.1. The van der Waals surface area contributed by atoms with E-state index in [1.54, 1.807) is 24.3 Å². The van der Waals surface area contributed by atoms with Crippen LogP contribution in [0.1, 0.15) is 21.6 Å². The number of nitrogens with zero attached hydrogens (tertiary/aromatic N) is 1. The Kier molecular flexibility index (Phi) is 4.44. The van der Waals surface area contributed by atoms with Crippen LogP contribution >= 0.6 is 11.3 Å². The summed E-state index contributed by atoms with van der Waals surface area (Å²) < 4.78 is 12.9. The highest BCUT2D eigenvalue weighted by atomic mass is 32.1. The molecule has 0 spiro atoms. The zero-order chi connectivity index (χ0) is 16.2. The zero-order valence-electron chi connectivity index (χ0n) is 12.5. The number of halogens is 1. The maximum atomic E-state index is 12.9. The summed E-state index contributed by atoms with van der Waals surface area (Å²) in [6.07, 6.45) is 3.23. The molecule has 2 nitrogen and oxygen atoms in total. The number of allylic oxidation sites excluding steroid dienone is 1. The van der Waals surface area contributed by atoms with Crippen molar-refractivity contribution in [3.63, 3.8) is 0 Å². The molecular formula is C19H14FNOS. The predicted molar refractivity (Wildman–Crippen MR) is 92.1 cm³/mol.